The van der Waals surface area contributed by atoms with Crippen LogP contribution in [0.4, 0.5) is 0 Å². The molecular weight excluding hydrogens is 160 g/mol. The van der Waals surface area contributed by atoms with Crippen molar-refractivity contribution in [1.29, 1.82) is 0 Å². The van der Waals surface area contributed by atoms with E-state index in [1.807, 2.05) is 0 Å². The van der Waals surface area contributed by atoms with Crippen LogP contribution in [0.25, 0.3) is 0 Å². The maximum Gasteiger partial charge on any atom is 0.0862 e. The number of ether oxygens (including phenoxy) is 1. The molecule has 0 fully saturated rings. The fraction of sp³-hybridized carbons (Fsp3) is 1.00. The highest BCUT2D eigenvalue weighted by atomic mass is 32.2. The molecule has 0 aliphatic rings. The van der Waals surface area contributed by atoms with Crippen LogP contribution in [0.5, 0.6) is 0 Å². The second-order valence-electron chi connectivity index (χ2n) is 1.36. The maximum absolute atomic E-state index is 9.70. The quantitative estimate of drug-likeness (QED) is 0.399. The molecular formula is C4H9O5S-. The van der Waals surface area contributed by atoms with Crippen molar-refractivity contribution in [3.63, 3.8) is 0 Å². The fourth-order valence-electron chi connectivity index (χ4n) is 0.328. The number of rotatable bonds is 6. The van der Waals surface area contributed by atoms with Crippen LogP contribution in [0.15, 0.2) is 0 Å². The van der Waals surface area contributed by atoms with Gasteiger partial charge in [-0.25, -0.2) is 4.21 Å². The third-order valence-electron chi connectivity index (χ3n) is 0.643. The van der Waals surface area contributed by atoms with Crippen LogP contribution in [0.3, 0.4) is 0 Å². The fourth-order valence-corrected chi connectivity index (χ4v) is 0.532. The van der Waals surface area contributed by atoms with Gasteiger partial charge in [0.1, 0.15) is 0 Å². The van der Waals surface area contributed by atoms with Gasteiger partial charge in [0.25, 0.3) is 0 Å². The highest BCUT2D eigenvalue weighted by molar-refractivity contribution is 7.74. The lowest BCUT2D eigenvalue weighted by molar-refractivity contribution is 0.0712. The van der Waals surface area contributed by atoms with Crippen LogP contribution < -0.4 is 0 Å². The van der Waals surface area contributed by atoms with Gasteiger partial charge in [0, 0.05) is 0 Å². The molecule has 0 heterocycles. The first kappa shape index (κ1) is 9.99. The number of hydrogen-bond donors (Lipinski definition) is 1. The molecule has 0 aliphatic carbocycles. The maximum atomic E-state index is 9.70. The van der Waals surface area contributed by atoms with Crippen LogP contribution in [0.2, 0.25) is 0 Å². The predicted molar refractivity (Wildman–Crippen MR) is 32.8 cm³/mol. The largest absolute Gasteiger partial charge is 0.750 e. The minimum Gasteiger partial charge on any atom is -0.750 e. The van der Waals surface area contributed by atoms with Crippen molar-refractivity contribution in [2.24, 2.45) is 0 Å². The van der Waals surface area contributed by atoms with Gasteiger partial charge < -0.3 is 14.4 Å². The lowest BCUT2D eigenvalue weighted by Crippen LogP contribution is -2.08. The minimum atomic E-state index is -2.46. The molecule has 5 nitrogen and oxygen atoms in total. The summed E-state index contributed by atoms with van der Waals surface area (Å²) in [6, 6.07) is 0. The normalized spacial score (nSPS) is 13.4. The molecule has 1 unspecified atom stereocenters. The number of hydrogen-bond acceptors (Lipinski definition) is 5. The molecule has 10 heavy (non-hydrogen) atoms. The van der Waals surface area contributed by atoms with Gasteiger partial charge in [-0.3, -0.25) is 4.18 Å². The summed E-state index contributed by atoms with van der Waals surface area (Å²) in [6.07, 6.45) is 0. The molecule has 0 aliphatic heterocycles. The summed E-state index contributed by atoms with van der Waals surface area (Å²) in [5, 5.41) is 8.19. The van der Waals surface area contributed by atoms with Crippen LogP contribution in [0, 0.1) is 0 Å². The van der Waals surface area contributed by atoms with Gasteiger partial charge in [0.15, 0.2) is 0 Å². The van der Waals surface area contributed by atoms with E-state index in [0.717, 1.165) is 0 Å². The Kier molecular flexibility index (Phi) is 7.09. The molecule has 0 rings (SSSR count). The molecule has 0 aromatic rings. The van der Waals surface area contributed by atoms with Crippen LogP contribution >= 0.6 is 0 Å². The molecule has 0 saturated carbocycles. The molecule has 0 aromatic heterocycles. The van der Waals surface area contributed by atoms with E-state index in [0.29, 0.717) is 0 Å². The van der Waals surface area contributed by atoms with Gasteiger partial charge in [-0.05, 0) is 0 Å². The zero-order valence-corrected chi connectivity index (χ0v) is 6.13. The molecule has 0 bridgehead atoms. The van der Waals surface area contributed by atoms with Crippen molar-refractivity contribution in [2.45, 2.75) is 0 Å². The van der Waals surface area contributed by atoms with E-state index in [-0.39, 0.29) is 26.4 Å². The summed E-state index contributed by atoms with van der Waals surface area (Å²) in [6.45, 7) is 0.306. The summed E-state index contributed by atoms with van der Waals surface area (Å²) < 4.78 is 28.2. The van der Waals surface area contributed by atoms with Gasteiger partial charge >= 0.3 is 0 Å². The van der Waals surface area contributed by atoms with E-state index >= 15 is 0 Å². The predicted octanol–water partition coefficient (Wildman–Crippen LogP) is -1.19. The van der Waals surface area contributed by atoms with Crippen molar-refractivity contribution in [3.05, 3.63) is 0 Å². The number of aliphatic hydroxyl groups excluding tert-OH is 1. The summed E-state index contributed by atoms with van der Waals surface area (Å²) in [7, 11) is 0. The van der Waals surface area contributed by atoms with E-state index < -0.39 is 11.4 Å². The molecule has 62 valence electrons. The third kappa shape index (κ3) is 7.99. The van der Waals surface area contributed by atoms with Crippen molar-refractivity contribution in [1.82, 2.24) is 0 Å². The van der Waals surface area contributed by atoms with Gasteiger partial charge in [0.05, 0.1) is 37.8 Å². The van der Waals surface area contributed by atoms with Crippen LogP contribution in [-0.2, 0) is 20.3 Å². The van der Waals surface area contributed by atoms with Crippen molar-refractivity contribution in [2.75, 3.05) is 26.4 Å². The highest BCUT2D eigenvalue weighted by Crippen LogP contribution is 1.79. The Morgan fingerprint density at radius 1 is 1.40 bits per heavy atom. The Morgan fingerprint density at radius 3 is 2.60 bits per heavy atom. The Bertz CT molecular complexity index is 95.6. The Morgan fingerprint density at radius 2 is 2.10 bits per heavy atom. The highest BCUT2D eigenvalue weighted by Gasteiger charge is 1.86. The lowest BCUT2D eigenvalue weighted by Gasteiger charge is -2.04. The first-order valence-corrected chi connectivity index (χ1v) is 3.68. The van der Waals surface area contributed by atoms with E-state index in [9.17, 15) is 8.76 Å². The van der Waals surface area contributed by atoms with Gasteiger partial charge in [-0.2, -0.15) is 0 Å². The average molecular weight is 169 g/mol. The Balaban J connectivity index is 2.84. The van der Waals surface area contributed by atoms with E-state index in [4.69, 9.17) is 5.11 Å². The first-order chi connectivity index (χ1) is 4.77. The molecule has 0 spiro atoms. The number of aliphatic hydroxyl groups is 1. The van der Waals surface area contributed by atoms with E-state index in [1.54, 1.807) is 0 Å². The zero-order chi connectivity index (χ0) is 7.82. The van der Waals surface area contributed by atoms with Gasteiger partial charge in [-0.1, -0.05) is 0 Å². The monoisotopic (exact) mass is 169 g/mol. The molecule has 0 radical (unpaired) electrons. The van der Waals surface area contributed by atoms with Crippen molar-refractivity contribution < 1.29 is 22.8 Å². The summed E-state index contributed by atoms with van der Waals surface area (Å²) >= 11 is -2.46. The molecule has 0 amide bonds. The van der Waals surface area contributed by atoms with E-state index in [1.165, 1.54) is 0 Å². The standard InChI is InChI=1S/C4H10O5S/c5-1-2-8-3-4-9-10(6)7/h5H,1-4H2,(H,6,7)/p-1. The molecule has 1 N–H and O–H groups in total. The Labute approximate surface area is 61.4 Å². The van der Waals surface area contributed by atoms with Crippen molar-refractivity contribution >= 4 is 11.4 Å². The van der Waals surface area contributed by atoms with E-state index in [2.05, 4.69) is 8.92 Å². The first-order valence-electron chi connectivity index (χ1n) is 2.68. The summed E-state index contributed by atoms with van der Waals surface area (Å²) in [4.78, 5) is 0. The van der Waals surface area contributed by atoms with Gasteiger partial charge in [-0.15, -0.1) is 0 Å². The second kappa shape index (κ2) is 7.10. The minimum absolute atomic E-state index is 0.00386. The van der Waals surface area contributed by atoms with Crippen LogP contribution in [-0.4, -0.2) is 40.3 Å². The van der Waals surface area contributed by atoms with Gasteiger partial charge in [0.2, 0.25) is 0 Å². The molecule has 0 aromatic carbocycles. The summed E-state index contributed by atoms with van der Waals surface area (Å²) in [5.41, 5.74) is 0. The molecule has 0 saturated heterocycles. The summed E-state index contributed by atoms with van der Waals surface area (Å²) in [5.74, 6) is 0. The average Bonchev–Trinajstić information content (AvgIpc) is 1.87. The third-order valence-corrected chi connectivity index (χ3v) is 1.00. The molecule has 1 atom stereocenters. The van der Waals surface area contributed by atoms with Crippen molar-refractivity contribution in [3.8, 4) is 0 Å². The molecule has 6 heteroatoms. The topological polar surface area (TPSA) is 78.8 Å². The SMILES string of the molecule is O=S([O-])OCCOCCO. The van der Waals surface area contributed by atoms with Crippen LogP contribution in [0.1, 0.15) is 0 Å². The zero-order valence-electron chi connectivity index (χ0n) is 5.32. The smallest absolute Gasteiger partial charge is 0.0862 e. The second-order valence-corrected chi connectivity index (χ2v) is 2.01. The lowest BCUT2D eigenvalue weighted by atomic mass is 10.7. The Hall–Kier alpha value is -0.0100.